The zero-order chi connectivity index (χ0) is 28.0. The molecule has 1 fully saturated rings. The highest BCUT2D eigenvalue weighted by Gasteiger charge is 2.33. The number of carbonyl (C=O) groups excluding carboxylic acids is 1. The van der Waals surface area contributed by atoms with Gasteiger partial charge in [-0.05, 0) is 61.7 Å². The summed E-state index contributed by atoms with van der Waals surface area (Å²) in [4.78, 5) is 15.8. The number of piperidine rings is 1. The van der Waals surface area contributed by atoms with Gasteiger partial charge in [0, 0.05) is 65.9 Å². The van der Waals surface area contributed by atoms with E-state index in [0.29, 0.717) is 29.3 Å². The smallest absolute Gasteiger partial charge is 0.251 e. The SMILES string of the molecule is COc1cccc(F)c1CN1C[C@@H](C)C[C@@H](NC(=O)c2ccc3[nH]nc(-c4ccc5nn(C)cc5c4)c3c2)[C@H]1C. The maximum absolute atomic E-state index is 14.7. The number of amides is 1. The Bertz CT molecular complexity index is 1710. The minimum absolute atomic E-state index is 0.0175. The summed E-state index contributed by atoms with van der Waals surface area (Å²) in [5, 5.41) is 17.3. The van der Waals surface area contributed by atoms with Crippen molar-refractivity contribution in [2.24, 2.45) is 13.0 Å². The van der Waals surface area contributed by atoms with Crippen LogP contribution in [0.3, 0.4) is 0 Å². The molecule has 0 spiro atoms. The lowest BCUT2D eigenvalue weighted by Gasteiger charge is -2.42. The molecule has 0 bridgehead atoms. The van der Waals surface area contributed by atoms with Crippen LogP contribution in [0, 0.1) is 11.7 Å². The number of aromatic amines is 1. The zero-order valence-corrected chi connectivity index (χ0v) is 23.1. The van der Waals surface area contributed by atoms with Gasteiger partial charge in [-0.15, -0.1) is 0 Å². The molecular weight excluding hydrogens is 507 g/mol. The van der Waals surface area contributed by atoms with Crippen LogP contribution in [0.15, 0.2) is 60.8 Å². The van der Waals surface area contributed by atoms with E-state index in [2.05, 4.69) is 45.4 Å². The molecule has 0 saturated carbocycles. The number of methoxy groups -OCH3 is 1. The van der Waals surface area contributed by atoms with Crippen LogP contribution in [0.2, 0.25) is 0 Å². The summed E-state index contributed by atoms with van der Waals surface area (Å²) >= 11 is 0. The van der Waals surface area contributed by atoms with Gasteiger partial charge < -0.3 is 10.1 Å². The lowest BCUT2D eigenvalue weighted by Crippen LogP contribution is -2.55. The van der Waals surface area contributed by atoms with Gasteiger partial charge in [0.2, 0.25) is 0 Å². The lowest BCUT2D eigenvalue weighted by atomic mass is 9.89. The summed E-state index contributed by atoms with van der Waals surface area (Å²) in [6.45, 7) is 5.49. The molecule has 0 aliphatic carbocycles. The fraction of sp³-hybridized carbons (Fsp3) is 0.323. The molecule has 3 atom stereocenters. The molecule has 1 aliphatic heterocycles. The van der Waals surface area contributed by atoms with E-state index in [1.807, 2.05) is 43.6 Å². The minimum atomic E-state index is -0.280. The molecule has 1 amide bonds. The van der Waals surface area contributed by atoms with Gasteiger partial charge >= 0.3 is 0 Å². The Labute approximate surface area is 232 Å². The Morgan fingerprint density at radius 3 is 2.85 bits per heavy atom. The van der Waals surface area contributed by atoms with Gasteiger partial charge in [0.05, 0.1) is 23.8 Å². The molecule has 1 saturated heterocycles. The number of carbonyl (C=O) groups is 1. The van der Waals surface area contributed by atoms with Gasteiger partial charge in [-0.2, -0.15) is 10.2 Å². The number of benzene rings is 3. The molecule has 3 aromatic carbocycles. The van der Waals surface area contributed by atoms with E-state index in [4.69, 9.17) is 4.74 Å². The summed E-state index contributed by atoms with van der Waals surface area (Å²) in [7, 11) is 3.46. The first-order valence-corrected chi connectivity index (χ1v) is 13.6. The van der Waals surface area contributed by atoms with E-state index in [1.165, 1.54) is 6.07 Å². The molecule has 2 aromatic heterocycles. The second-order valence-corrected chi connectivity index (χ2v) is 10.9. The Morgan fingerprint density at radius 2 is 2.02 bits per heavy atom. The van der Waals surface area contributed by atoms with Crippen molar-refractivity contribution in [1.29, 1.82) is 0 Å². The topological polar surface area (TPSA) is 88.1 Å². The number of hydrogen-bond acceptors (Lipinski definition) is 5. The number of nitrogens with one attached hydrogen (secondary N) is 2. The number of nitrogens with zero attached hydrogens (tertiary/aromatic N) is 4. The summed E-state index contributed by atoms with van der Waals surface area (Å²) in [5.74, 6) is 0.464. The molecule has 206 valence electrons. The molecule has 0 unspecified atom stereocenters. The van der Waals surface area contributed by atoms with Crippen molar-refractivity contribution in [3.8, 4) is 17.0 Å². The average molecular weight is 541 g/mol. The highest BCUT2D eigenvalue weighted by Crippen LogP contribution is 2.31. The van der Waals surface area contributed by atoms with Crippen LogP contribution in [-0.4, -0.2) is 56.5 Å². The monoisotopic (exact) mass is 540 g/mol. The van der Waals surface area contributed by atoms with Gasteiger partial charge in [0.1, 0.15) is 11.6 Å². The fourth-order valence-corrected chi connectivity index (χ4v) is 5.92. The summed E-state index contributed by atoms with van der Waals surface area (Å²) in [5.41, 5.74) is 4.65. The highest BCUT2D eigenvalue weighted by molar-refractivity contribution is 6.02. The molecule has 9 heteroatoms. The molecule has 0 radical (unpaired) electrons. The van der Waals surface area contributed by atoms with Crippen LogP contribution >= 0.6 is 0 Å². The Hall–Kier alpha value is -4.24. The van der Waals surface area contributed by atoms with Crippen LogP contribution in [0.25, 0.3) is 33.1 Å². The van der Waals surface area contributed by atoms with Crippen molar-refractivity contribution in [3.05, 3.63) is 77.7 Å². The van der Waals surface area contributed by atoms with Crippen LogP contribution < -0.4 is 10.1 Å². The van der Waals surface area contributed by atoms with Crippen LogP contribution in [-0.2, 0) is 13.6 Å². The van der Waals surface area contributed by atoms with Gasteiger partial charge in [0.15, 0.2) is 0 Å². The van der Waals surface area contributed by atoms with E-state index in [1.54, 1.807) is 23.9 Å². The van der Waals surface area contributed by atoms with Crippen LogP contribution in [0.4, 0.5) is 4.39 Å². The number of rotatable bonds is 6. The third-order valence-electron chi connectivity index (χ3n) is 8.05. The number of hydrogen-bond donors (Lipinski definition) is 2. The molecule has 6 rings (SSSR count). The van der Waals surface area contributed by atoms with Gasteiger partial charge in [0.25, 0.3) is 5.91 Å². The predicted octanol–water partition coefficient (Wildman–Crippen LogP) is 5.29. The van der Waals surface area contributed by atoms with Gasteiger partial charge in [-0.1, -0.05) is 19.1 Å². The predicted molar refractivity (Wildman–Crippen MR) is 154 cm³/mol. The van der Waals surface area contributed by atoms with Crippen molar-refractivity contribution in [2.45, 2.75) is 38.9 Å². The van der Waals surface area contributed by atoms with Crippen molar-refractivity contribution in [2.75, 3.05) is 13.7 Å². The maximum atomic E-state index is 14.7. The van der Waals surface area contributed by atoms with E-state index in [9.17, 15) is 9.18 Å². The second-order valence-electron chi connectivity index (χ2n) is 10.9. The second kappa shape index (κ2) is 10.4. The molecule has 2 N–H and O–H groups in total. The van der Waals surface area contributed by atoms with Crippen molar-refractivity contribution < 1.29 is 13.9 Å². The van der Waals surface area contributed by atoms with E-state index < -0.39 is 0 Å². The van der Waals surface area contributed by atoms with Crippen LogP contribution in [0.5, 0.6) is 5.75 Å². The van der Waals surface area contributed by atoms with E-state index >= 15 is 0 Å². The van der Waals surface area contributed by atoms with E-state index in [0.717, 1.165) is 46.0 Å². The lowest BCUT2D eigenvalue weighted by molar-refractivity contribution is 0.0684. The summed E-state index contributed by atoms with van der Waals surface area (Å²) in [6.07, 6.45) is 2.83. The largest absolute Gasteiger partial charge is 0.496 e. The molecule has 40 heavy (non-hydrogen) atoms. The molecular formula is C31H33FN6O2. The third kappa shape index (κ3) is 4.81. The Morgan fingerprint density at radius 1 is 1.18 bits per heavy atom. The minimum Gasteiger partial charge on any atom is -0.496 e. The first kappa shape index (κ1) is 26.0. The highest BCUT2D eigenvalue weighted by atomic mass is 19.1. The van der Waals surface area contributed by atoms with E-state index in [-0.39, 0.29) is 23.8 Å². The number of H-pyrrole nitrogens is 1. The van der Waals surface area contributed by atoms with Gasteiger partial charge in [-0.3, -0.25) is 19.5 Å². The molecule has 1 aliphatic rings. The quantitative estimate of drug-likeness (QED) is 0.306. The maximum Gasteiger partial charge on any atom is 0.251 e. The summed E-state index contributed by atoms with van der Waals surface area (Å²) < 4.78 is 21.9. The Kier molecular flexibility index (Phi) is 6.75. The first-order chi connectivity index (χ1) is 19.3. The van der Waals surface area contributed by atoms with Crippen molar-refractivity contribution >= 4 is 27.7 Å². The number of fused-ring (bicyclic) bond motifs is 2. The Balaban J connectivity index is 1.23. The zero-order valence-electron chi connectivity index (χ0n) is 23.1. The number of ether oxygens (including phenoxy) is 1. The fourth-order valence-electron chi connectivity index (χ4n) is 5.92. The van der Waals surface area contributed by atoms with Crippen molar-refractivity contribution in [3.63, 3.8) is 0 Å². The third-order valence-corrected chi connectivity index (χ3v) is 8.05. The normalized spacial score (nSPS) is 19.8. The number of likely N-dealkylation sites (tertiary alicyclic amines) is 1. The molecule has 5 aromatic rings. The number of aromatic nitrogens is 4. The molecule has 3 heterocycles. The first-order valence-electron chi connectivity index (χ1n) is 13.6. The van der Waals surface area contributed by atoms with Crippen molar-refractivity contribution in [1.82, 2.24) is 30.2 Å². The number of aryl methyl sites for hydroxylation is 1. The van der Waals surface area contributed by atoms with Gasteiger partial charge in [-0.25, -0.2) is 4.39 Å². The van der Waals surface area contributed by atoms with Crippen LogP contribution in [0.1, 0.15) is 36.2 Å². The average Bonchev–Trinajstić information content (AvgIpc) is 3.53. The number of halogens is 1. The molecule has 8 nitrogen and oxygen atoms in total. The standard InChI is InChI=1S/C31H33FN6O2/c1-18-12-28(19(2)38(15-18)17-24-25(32)6-5-7-29(24)40-4)33-31(39)21-9-11-27-23(14-21)30(35-34-27)20-8-10-26-22(13-20)16-37(3)36-26/h5-11,13-14,16,18-19,28H,12,15,17H2,1-4H3,(H,33,39)(H,34,35)/t18-,19+,28+/m0/s1. The summed E-state index contributed by atoms with van der Waals surface area (Å²) in [6, 6.07) is 16.5.